The number of hydrogen-bond acceptors (Lipinski definition) is 5. The van der Waals surface area contributed by atoms with Gasteiger partial charge in [-0.1, -0.05) is 12.1 Å². The van der Waals surface area contributed by atoms with E-state index in [1.165, 1.54) is 0 Å². The summed E-state index contributed by atoms with van der Waals surface area (Å²) < 4.78 is 0. The number of nitrogens with zero attached hydrogens (tertiary/aromatic N) is 3. The zero-order valence-electron chi connectivity index (χ0n) is 14.1. The van der Waals surface area contributed by atoms with Crippen molar-refractivity contribution in [3.8, 4) is 11.1 Å². The van der Waals surface area contributed by atoms with E-state index in [0.29, 0.717) is 5.95 Å². The molecular formula is C18H23N5O. The maximum atomic E-state index is 12.2. The summed E-state index contributed by atoms with van der Waals surface area (Å²) in [6, 6.07) is 8.18. The molecule has 1 aliphatic rings. The molecule has 0 bridgehead atoms. The van der Waals surface area contributed by atoms with E-state index < -0.39 is 0 Å². The molecule has 2 aromatic rings. The summed E-state index contributed by atoms with van der Waals surface area (Å²) >= 11 is 0. The first-order chi connectivity index (χ1) is 11.6. The third-order valence-corrected chi connectivity index (χ3v) is 4.29. The zero-order chi connectivity index (χ0) is 16.9. The van der Waals surface area contributed by atoms with Gasteiger partial charge in [-0.05, 0) is 43.6 Å². The largest absolute Gasteiger partial charge is 0.378 e. The average Bonchev–Trinajstić information content (AvgIpc) is 2.63. The van der Waals surface area contributed by atoms with Gasteiger partial charge < -0.3 is 10.2 Å². The molecule has 0 atom stereocenters. The summed E-state index contributed by atoms with van der Waals surface area (Å²) in [7, 11) is 4.02. The van der Waals surface area contributed by atoms with Gasteiger partial charge >= 0.3 is 0 Å². The Kier molecular flexibility index (Phi) is 5.05. The summed E-state index contributed by atoms with van der Waals surface area (Å²) in [5.41, 5.74) is 3.10. The van der Waals surface area contributed by atoms with Crippen LogP contribution in [0, 0.1) is 5.92 Å². The van der Waals surface area contributed by atoms with Crippen LogP contribution in [-0.2, 0) is 4.79 Å². The second kappa shape index (κ2) is 7.40. The zero-order valence-corrected chi connectivity index (χ0v) is 14.1. The van der Waals surface area contributed by atoms with Crippen LogP contribution in [0.15, 0.2) is 36.7 Å². The highest BCUT2D eigenvalue weighted by molar-refractivity contribution is 5.91. The van der Waals surface area contributed by atoms with Crippen molar-refractivity contribution in [2.24, 2.45) is 5.92 Å². The number of carbonyl (C=O) groups excluding carboxylic acids is 1. The normalized spacial score (nSPS) is 15.1. The fourth-order valence-electron chi connectivity index (χ4n) is 2.80. The lowest BCUT2D eigenvalue weighted by atomic mass is 9.97. The molecule has 6 nitrogen and oxygen atoms in total. The first kappa shape index (κ1) is 16.4. The Morgan fingerprint density at radius 3 is 2.54 bits per heavy atom. The van der Waals surface area contributed by atoms with E-state index in [2.05, 4.69) is 37.6 Å². The standard InChI is InChI=1S/C18H23N5O/c1-23(2)16-5-3-4-14(10-16)15-11-20-18(21-12-15)22-17(24)13-6-8-19-9-7-13/h3-5,10-13,19H,6-9H2,1-2H3,(H,20,21,22,24). The molecule has 3 rings (SSSR count). The molecule has 1 saturated heterocycles. The van der Waals surface area contributed by atoms with Crippen LogP contribution in [0.3, 0.4) is 0 Å². The van der Waals surface area contributed by atoms with Gasteiger partial charge in [-0.3, -0.25) is 10.1 Å². The average molecular weight is 325 g/mol. The van der Waals surface area contributed by atoms with Gasteiger partial charge in [-0.2, -0.15) is 0 Å². The fraction of sp³-hybridized carbons (Fsp3) is 0.389. The van der Waals surface area contributed by atoms with Crippen molar-refractivity contribution in [2.75, 3.05) is 37.4 Å². The second-order valence-corrected chi connectivity index (χ2v) is 6.25. The van der Waals surface area contributed by atoms with Crippen LogP contribution in [0.25, 0.3) is 11.1 Å². The molecule has 1 amide bonds. The number of amides is 1. The molecule has 0 aliphatic carbocycles. The molecule has 1 aliphatic heterocycles. The highest BCUT2D eigenvalue weighted by atomic mass is 16.2. The molecule has 0 saturated carbocycles. The first-order valence-corrected chi connectivity index (χ1v) is 8.25. The second-order valence-electron chi connectivity index (χ2n) is 6.25. The molecular weight excluding hydrogens is 302 g/mol. The molecule has 1 fully saturated rings. The van der Waals surface area contributed by atoms with Crippen molar-refractivity contribution in [3.05, 3.63) is 36.7 Å². The van der Waals surface area contributed by atoms with Crippen molar-refractivity contribution in [2.45, 2.75) is 12.8 Å². The van der Waals surface area contributed by atoms with Crippen LogP contribution in [0.4, 0.5) is 11.6 Å². The van der Waals surface area contributed by atoms with Gasteiger partial charge in [0.25, 0.3) is 0 Å². The maximum absolute atomic E-state index is 12.2. The Labute approximate surface area is 142 Å². The van der Waals surface area contributed by atoms with E-state index in [0.717, 1.165) is 42.7 Å². The van der Waals surface area contributed by atoms with Crippen molar-refractivity contribution in [3.63, 3.8) is 0 Å². The Morgan fingerprint density at radius 2 is 1.88 bits per heavy atom. The fourth-order valence-corrected chi connectivity index (χ4v) is 2.80. The van der Waals surface area contributed by atoms with Crippen LogP contribution in [-0.4, -0.2) is 43.1 Å². The van der Waals surface area contributed by atoms with Crippen molar-refractivity contribution >= 4 is 17.5 Å². The van der Waals surface area contributed by atoms with Crippen LogP contribution in [0.1, 0.15) is 12.8 Å². The molecule has 6 heteroatoms. The number of piperidine rings is 1. The molecule has 126 valence electrons. The third-order valence-electron chi connectivity index (χ3n) is 4.29. The van der Waals surface area contributed by atoms with E-state index in [-0.39, 0.29) is 11.8 Å². The molecule has 0 unspecified atom stereocenters. The predicted octanol–water partition coefficient (Wildman–Crippen LogP) is 2.15. The number of aromatic nitrogens is 2. The molecule has 2 N–H and O–H groups in total. The van der Waals surface area contributed by atoms with Gasteiger partial charge in [-0.25, -0.2) is 9.97 Å². The van der Waals surface area contributed by atoms with Crippen molar-refractivity contribution in [1.82, 2.24) is 15.3 Å². The van der Waals surface area contributed by atoms with Crippen molar-refractivity contribution < 1.29 is 4.79 Å². The Hall–Kier alpha value is -2.47. The van der Waals surface area contributed by atoms with E-state index in [9.17, 15) is 4.79 Å². The number of benzene rings is 1. The number of carbonyl (C=O) groups is 1. The summed E-state index contributed by atoms with van der Waals surface area (Å²) in [5.74, 6) is 0.427. The summed E-state index contributed by atoms with van der Waals surface area (Å²) in [5, 5.41) is 6.08. The van der Waals surface area contributed by atoms with Gasteiger partial charge in [-0.15, -0.1) is 0 Å². The molecule has 0 spiro atoms. The van der Waals surface area contributed by atoms with Gasteiger partial charge in [0.15, 0.2) is 0 Å². The lowest BCUT2D eigenvalue weighted by Gasteiger charge is -2.21. The highest BCUT2D eigenvalue weighted by Crippen LogP contribution is 2.23. The molecule has 1 aromatic heterocycles. The first-order valence-electron chi connectivity index (χ1n) is 8.25. The van der Waals surface area contributed by atoms with E-state index >= 15 is 0 Å². The van der Waals surface area contributed by atoms with Crippen LogP contribution < -0.4 is 15.5 Å². The SMILES string of the molecule is CN(C)c1cccc(-c2cnc(NC(=O)C3CCNCC3)nc2)c1. The smallest absolute Gasteiger partial charge is 0.229 e. The maximum Gasteiger partial charge on any atom is 0.229 e. The minimum absolute atomic E-state index is 0.0128. The lowest BCUT2D eigenvalue weighted by molar-refractivity contribution is -0.120. The van der Waals surface area contributed by atoms with Crippen LogP contribution in [0.2, 0.25) is 0 Å². The number of nitrogens with one attached hydrogen (secondary N) is 2. The van der Waals surface area contributed by atoms with E-state index in [4.69, 9.17) is 0 Å². The predicted molar refractivity (Wildman–Crippen MR) is 96.0 cm³/mol. The number of anilines is 2. The molecule has 0 radical (unpaired) electrons. The summed E-state index contributed by atoms with van der Waals surface area (Å²) in [6.45, 7) is 1.78. The summed E-state index contributed by atoms with van der Waals surface area (Å²) in [6.07, 6.45) is 5.22. The van der Waals surface area contributed by atoms with Crippen molar-refractivity contribution in [1.29, 1.82) is 0 Å². The van der Waals surface area contributed by atoms with Gasteiger partial charge in [0, 0.05) is 43.7 Å². The molecule has 1 aromatic carbocycles. The van der Waals surface area contributed by atoms with E-state index in [1.54, 1.807) is 12.4 Å². The summed E-state index contributed by atoms with van der Waals surface area (Å²) in [4.78, 5) is 22.9. The number of rotatable bonds is 4. The lowest BCUT2D eigenvalue weighted by Crippen LogP contribution is -2.34. The van der Waals surface area contributed by atoms with Gasteiger partial charge in [0.1, 0.15) is 0 Å². The Morgan fingerprint density at radius 1 is 1.17 bits per heavy atom. The Bertz CT molecular complexity index is 693. The third kappa shape index (κ3) is 3.89. The van der Waals surface area contributed by atoms with Gasteiger partial charge in [0.05, 0.1) is 0 Å². The van der Waals surface area contributed by atoms with Gasteiger partial charge in [0.2, 0.25) is 11.9 Å². The van der Waals surface area contributed by atoms with Crippen LogP contribution in [0.5, 0.6) is 0 Å². The topological polar surface area (TPSA) is 70.2 Å². The highest BCUT2D eigenvalue weighted by Gasteiger charge is 2.21. The molecule has 24 heavy (non-hydrogen) atoms. The molecule has 2 heterocycles. The number of hydrogen-bond donors (Lipinski definition) is 2. The quantitative estimate of drug-likeness (QED) is 0.901. The van der Waals surface area contributed by atoms with E-state index in [1.807, 2.05) is 26.2 Å². The minimum Gasteiger partial charge on any atom is -0.378 e. The Balaban J connectivity index is 1.69. The monoisotopic (exact) mass is 325 g/mol. The van der Waals surface area contributed by atoms with Crippen LogP contribution >= 0.6 is 0 Å². The minimum atomic E-state index is 0.0128.